The lowest BCUT2D eigenvalue weighted by Crippen LogP contribution is -2.52. The van der Waals surface area contributed by atoms with Crippen LogP contribution in [0.2, 0.25) is 0 Å². The van der Waals surface area contributed by atoms with Crippen LogP contribution in [0.15, 0.2) is 71.6 Å². The molecule has 38 heavy (non-hydrogen) atoms. The predicted octanol–water partition coefficient (Wildman–Crippen LogP) is 3.40. The van der Waals surface area contributed by atoms with Crippen LogP contribution in [-0.4, -0.2) is 73.3 Å². The monoisotopic (exact) mass is 543 g/mol. The third-order valence-corrected chi connectivity index (χ3v) is 8.18. The first kappa shape index (κ1) is 27.1. The van der Waals surface area contributed by atoms with Gasteiger partial charge in [0.2, 0.25) is 5.91 Å². The normalized spacial score (nSPS) is 13.7. The zero-order valence-electron chi connectivity index (χ0n) is 21.5. The third-order valence-electron chi connectivity index (χ3n) is 6.41. The minimum absolute atomic E-state index is 0.0418. The van der Waals surface area contributed by atoms with Crippen molar-refractivity contribution in [2.45, 2.75) is 4.90 Å². The van der Waals surface area contributed by atoms with Crippen LogP contribution >= 0.6 is 0 Å². The summed E-state index contributed by atoms with van der Waals surface area (Å²) in [5.74, 6) is 0.560. The molecule has 9 nitrogen and oxygen atoms in total. The Morgan fingerprint density at radius 1 is 0.842 bits per heavy atom. The van der Waals surface area contributed by atoms with Gasteiger partial charge in [0.05, 0.1) is 31.9 Å². The van der Waals surface area contributed by atoms with Gasteiger partial charge in [0.15, 0.2) is 11.5 Å². The molecule has 0 atom stereocenters. The largest absolute Gasteiger partial charge is 0.497 e. The van der Waals surface area contributed by atoms with E-state index in [9.17, 15) is 17.6 Å². The van der Waals surface area contributed by atoms with E-state index < -0.39 is 10.0 Å². The molecule has 11 heteroatoms. The van der Waals surface area contributed by atoms with Crippen LogP contribution in [0.1, 0.15) is 0 Å². The summed E-state index contributed by atoms with van der Waals surface area (Å²) in [5.41, 5.74) is 1.19. The zero-order chi connectivity index (χ0) is 27.3. The number of hydrogen-bond acceptors (Lipinski definition) is 7. The Morgan fingerprint density at radius 3 is 2.05 bits per heavy atom. The van der Waals surface area contributed by atoms with E-state index in [0.29, 0.717) is 43.4 Å². The van der Waals surface area contributed by atoms with E-state index in [-0.39, 0.29) is 28.9 Å². The Morgan fingerprint density at radius 2 is 1.47 bits per heavy atom. The van der Waals surface area contributed by atoms with E-state index in [0.717, 1.165) is 9.99 Å². The maximum absolute atomic E-state index is 13.8. The predicted molar refractivity (Wildman–Crippen MR) is 142 cm³/mol. The Bertz CT molecular complexity index is 1360. The van der Waals surface area contributed by atoms with Crippen molar-refractivity contribution in [2.75, 3.05) is 63.3 Å². The van der Waals surface area contributed by atoms with Crippen LogP contribution in [0.5, 0.6) is 17.2 Å². The summed E-state index contributed by atoms with van der Waals surface area (Å²) in [5, 5.41) is 0. The van der Waals surface area contributed by atoms with Gasteiger partial charge in [0.1, 0.15) is 18.1 Å². The highest BCUT2D eigenvalue weighted by Gasteiger charge is 2.31. The van der Waals surface area contributed by atoms with Gasteiger partial charge in [-0.1, -0.05) is 0 Å². The minimum Gasteiger partial charge on any atom is -0.497 e. The summed E-state index contributed by atoms with van der Waals surface area (Å²) in [6.07, 6.45) is 0. The van der Waals surface area contributed by atoms with E-state index in [1.807, 2.05) is 0 Å². The van der Waals surface area contributed by atoms with Gasteiger partial charge in [0.25, 0.3) is 10.0 Å². The van der Waals surface area contributed by atoms with Crippen molar-refractivity contribution < 1.29 is 31.8 Å². The molecule has 1 saturated heterocycles. The van der Waals surface area contributed by atoms with E-state index in [1.165, 1.54) is 51.7 Å². The molecule has 3 aromatic rings. The molecule has 0 aromatic heterocycles. The first-order valence-corrected chi connectivity index (χ1v) is 13.4. The molecular weight excluding hydrogens is 513 g/mol. The van der Waals surface area contributed by atoms with Crippen LogP contribution in [0.25, 0.3) is 0 Å². The van der Waals surface area contributed by atoms with Gasteiger partial charge in [-0.2, -0.15) is 0 Å². The molecule has 4 rings (SSSR count). The van der Waals surface area contributed by atoms with Gasteiger partial charge in [-0.25, -0.2) is 12.8 Å². The smallest absolute Gasteiger partial charge is 0.264 e. The van der Waals surface area contributed by atoms with Gasteiger partial charge >= 0.3 is 0 Å². The SMILES string of the molecule is COc1ccc(N(CC(=O)N2CCN(c3ccc(F)cc3)CC2)S(=O)(=O)c2ccc(OC)c(OC)c2)cc1. The van der Waals surface area contributed by atoms with Gasteiger partial charge in [-0.05, 0) is 60.7 Å². The van der Waals surface area contributed by atoms with Crippen molar-refractivity contribution in [3.8, 4) is 17.2 Å². The number of hydrogen-bond donors (Lipinski definition) is 0. The fraction of sp³-hybridized carbons (Fsp3) is 0.296. The van der Waals surface area contributed by atoms with Crippen molar-refractivity contribution in [1.29, 1.82) is 0 Å². The third kappa shape index (κ3) is 5.77. The second kappa shape index (κ2) is 11.6. The summed E-state index contributed by atoms with van der Waals surface area (Å²) < 4.78 is 57.7. The standard InChI is InChI=1S/C27H30FN3O6S/c1-35-23-10-8-22(9-11-23)31(38(33,34)24-12-13-25(36-2)26(18-24)37-3)19-27(32)30-16-14-29(15-17-30)21-6-4-20(28)5-7-21/h4-13,18H,14-17,19H2,1-3H3. The van der Waals surface area contributed by atoms with Crippen molar-refractivity contribution in [3.05, 3.63) is 72.5 Å². The van der Waals surface area contributed by atoms with E-state index in [2.05, 4.69) is 4.90 Å². The summed E-state index contributed by atoms with van der Waals surface area (Å²) in [6.45, 7) is 1.51. The number of benzene rings is 3. The minimum atomic E-state index is -4.16. The summed E-state index contributed by atoms with van der Waals surface area (Å²) in [4.78, 5) is 17.0. The number of piperazine rings is 1. The Labute approximate surface area is 222 Å². The molecule has 0 saturated carbocycles. The molecule has 202 valence electrons. The van der Waals surface area contributed by atoms with E-state index >= 15 is 0 Å². The van der Waals surface area contributed by atoms with E-state index in [1.54, 1.807) is 41.3 Å². The molecule has 1 aliphatic heterocycles. The van der Waals surface area contributed by atoms with Crippen molar-refractivity contribution >= 4 is 27.3 Å². The van der Waals surface area contributed by atoms with Crippen molar-refractivity contribution in [3.63, 3.8) is 0 Å². The number of nitrogens with zero attached hydrogens (tertiary/aromatic N) is 3. The highest BCUT2D eigenvalue weighted by molar-refractivity contribution is 7.92. The van der Waals surface area contributed by atoms with Crippen LogP contribution in [0, 0.1) is 5.82 Å². The molecule has 3 aromatic carbocycles. The second-order valence-corrected chi connectivity index (χ2v) is 10.4. The van der Waals surface area contributed by atoms with Gasteiger partial charge in [0, 0.05) is 37.9 Å². The molecule has 0 N–H and O–H groups in total. The summed E-state index contributed by atoms with van der Waals surface area (Å²) >= 11 is 0. The molecule has 1 fully saturated rings. The van der Waals surface area contributed by atoms with Crippen LogP contribution in [0.4, 0.5) is 15.8 Å². The number of carbonyl (C=O) groups is 1. The fourth-order valence-electron chi connectivity index (χ4n) is 4.26. The summed E-state index contributed by atoms with van der Waals surface area (Å²) in [7, 11) is 0.241. The van der Waals surface area contributed by atoms with Crippen LogP contribution in [-0.2, 0) is 14.8 Å². The maximum Gasteiger partial charge on any atom is 0.264 e. The number of methoxy groups -OCH3 is 3. The number of amides is 1. The average molecular weight is 544 g/mol. The molecule has 0 bridgehead atoms. The lowest BCUT2D eigenvalue weighted by molar-refractivity contribution is -0.129. The first-order valence-electron chi connectivity index (χ1n) is 11.9. The number of anilines is 2. The highest BCUT2D eigenvalue weighted by atomic mass is 32.2. The van der Waals surface area contributed by atoms with Crippen molar-refractivity contribution in [1.82, 2.24) is 4.90 Å². The average Bonchev–Trinajstić information content (AvgIpc) is 2.95. The molecule has 0 aliphatic carbocycles. The lowest BCUT2D eigenvalue weighted by Gasteiger charge is -2.37. The topological polar surface area (TPSA) is 88.6 Å². The van der Waals surface area contributed by atoms with Crippen molar-refractivity contribution in [2.24, 2.45) is 0 Å². The highest BCUT2D eigenvalue weighted by Crippen LogP contribution is 2.33. The van der Waals surface area contributed by atoms with Gasteiger partial charge in [-0.3, -0.25) is 9.10 Å². The Kier molecular flexibility index (Phi) is 8.26. The number of carbonyl (C=O) groups excluding carboxylic acids is 1. The summed E-state index contributed by atoms with van der Waals surface area (Å²) in [6, 6.07) is 17.0. The number of sulfonamides is 1. The van der Waals surface area contributed by atoms with Crippen LogP contribution < -0.4 is 23.4 Å². The molecular formula is C27H30FN3O6S. The number of rotatable bonds is 9. The zero-order valence-corrected chi connectivity index (χ0v) is 22.3. The van der Waals surface area contributed by atoms with E-state index in [4.69, 9.17) is 14.2 Å². The molecule has 0 unspecified atom stereocenters. The molecule has 1 amide bonds. The molecule has 0 spiro atoms. The Balaban J connectivity index is 1.57. The quantitative estimate of drug-likeness (QED) is 0.409. The number of halogens is 1. The Hall–Kier alpha value is -3.99. The fourth-order valence-corrected chi connectivity index (χ4v) is 5.69. The van der Waals surface area contributed by atoms with Crippen LogP contribution in [0.3, 0.4) is 0 Å². The molecule has 1 aliphatic rings. The first-order chi connectivity index (χ1) is 18.3. The lowest BCUT2D eigenvalue weighted by atomic mass is 10.2. The number of ether oxygens (including phenoxy) is 3. The second-order valence-electron chi connectivity index (χ2n) is 8.57. The van der Waals surface area contributed by atoms with Gasteiger partial charge < -0.3 is 24.0 Å². The molecule has 1 heterocycles. The maximum atomic E-state index is 13.8. The molecule has 0 radical (unpaired) electrons. The van der Waals surface area contributed by atoms with Gasteiger partial charge in [-0.15, -0.1) is 0 Å².